The molecule has 0 saturated heterocycles. The summed E-state index contributed by atoms with van der Waals surface area (Å²) >= 11 is 7.53. The SMILES string of the molecule is CCNC(=NCc1ncnn1C)NCCc1ccc(Cl)s1. The summed E-state index contributed by atoms with van der Waals surface area (Å²) < 4.78 is 2.55. The highest BCUT2D eigenvalue weighted by Crippen LogP contribution is 2.21. The first-order valence-electron chi connectivity index (χ1n) is 6.78. The van der Waals surface area contributed by atoms with Gasteiger partial charge in [-0.2, -0.15) is 5.10 Å². The van der Waals surface area contributed by atoms with Crippen LogP contribution in [0.2, 0.25) is 4.34 Å². The summed E-state index contributed by atoms with van der Waals surface area (Å²) in [4.78, 5) is 9.92. The third kappa shape index (κ3) is 5.02. The molecule has 0 aliphatic carbocycles. The molecule has 114 valence electrons. The minimum absolute atomic E-state index is 0.497. The number of guanidine groups is 1. The van der Waals surface area contributed by atoms with E-state index in [9.17, 15) is 0 Å². The molecule has 2 aromatic rings. The van der Waals surface area contributed by atoms with Gasteiger partial charge >= 0.3 is 0 Å². The Bertz CT molecular complexity index is 591. The summed E-state index contributed by atoms with van der Waals surface area (Å²) in [6, 6.07) is 3.98. The first kappa shape index (κ1) is 15.8. The average Bonchev–Trinajstić information content (AvgIpc) is 3.05. The molecule has 0 bridgehead atoms. The van der Waals surface area contributed by atoms with Crippen LogP contribution in [-0.4, -0.2) is 33.8 Å². The van der Waals surface area contributed by atoms with Crippen LogP contribution in [0.5, 0.6) is 0 Å². The van der Waals surface area contributed by atoms with E-state index >= 15 is 0 Å². The number of hydrogen-bond acceptors (Lipinski definition) is 4. The topological polar surface area (TPSA) is 67.1 Å². The fourth-order valence-electron chi connectivity index (χ4n) is 1.75. The molecule has 0 amide bonds. The number of rotatable bonds is 6. The van der Waals surface area contributed by atoms with Crippen LogP contribution in [0.3, 0.4) is 0 Å². The zero-order valence-electron chi connectivity index (χ0n) is 12.1. The van der Waals surface area contributed by atoms with E-state index < -0.39 is 0 Å². The van der Waals surface area contributed by atoms with Crippen molar-refractivity contribution in [2.45, 2.75) is 19.9 Å². The minimum Gasteiger partial charge on any atom is -0.357 e. The maximum atomic E-state index is 5.92. The lowest BCUT2D eigenvalue weighted by Crippen LogP contribution is -2.38. The molecule has 0 aliphatic heterocycles. The van der Waals surface area contributed by atoms with Crippen molar-refractivity contribution in [3.8, 4) is 0 Å². The van der Waals surface area contributed by atoms with Gasteiger partial charge in [0.15, 0.2) is 5.96 Å². The van der Waals surface area contributed by atoms with Gasteiger partial charge in [-0.05, 0) is 25.5 Å². The Labute approximate surface area is 133 Å². The van der Waals surface area contributed by atoms with Gasteiger partial charge in [0.25, 0.3) is 0 Å². The number of nitrogens with one attached hydrogen (secondary N) is 2. The average molecular weight is 327 g/mol. The Kier molecular flexibility index (Phi) is 6.01. The van der Waals surface area contributed by atoms with Crippen LogP contribution < -0.4 is 10.6 Å². The van der Waals surface area contributed by atoms with E-state index in [1.165, 1.54) is 11.2 Å². The highest BCUT2D eigenvalue weighted by atomic mass is 35.5. The number of aromatic nitrogens is 3. The van der Waals surface area contributed by atoms with Crippen molar-refractivity contribution in [2.24, 2.45) is 12.0 Å². The quantitative estimate of drug-likeness (QED) is 0.628. The molecule has 6 nitrogen and oxygen atoms in total. The first-order chi connectivity index (χ1) is 10.2. The van der Waals surface area contributed by atoms with Crippen molar-refractivity contribution in [2.75, 3.05) is 13.1 Å². The van der Waals surface area contributed by atoms with Crippen LogP contribution in [0.4, 0.5) is 0 Å². The van der Waals surface area contributed by atoms with E-state index in [1.54, 1.807) is 16.0 Å². The third-order valence-corrected chi connectivity index (χ3v) is 4.11. The molecule has 21 heavy (non-hydrogen) atoms. The van der Waals surface area contributed by atoms with Gasteiger partial charge in [0.2, 0.25) is 0 Å². The summed E-state index contributed by atoms with van der Waals surface area (Å²) in [6.45, 7) is 4.16. The van der Waals surface area contributed by atoms with E-state index in [2.05, 4.69) is 31.8 Å². The fourth-order valence-corrected chi connectivity index (χ4v) is 2.83. The van der Waals surface area contributed by atoms with Crippen LogP contribution in [0.1, 0.15) is 17.6 Å². The summed E-state index contributed by atoms with van der Waals surface area (Å²) in [5.74, 6) is 1.61. The molecule has 2 rings (SSSR count). The Hall–Kier alpha value is -1.60. The highest BCUT2D eigenvalue weighted by molar-refractivity contribution is 7.16. The van der Waals surface area contributed by atoms with Crippen LogP contribution in [-0.2, 0) is 20.0 Å². The molecule has 2 aromatic heterocycles. The van der Waals surface area contributed by atoms with E-state index in [4.69, 9.17) is 11.6 Å². The minimum atomic E-state index is 0.497. The summed E-state index contributed by atoms with van der Waals surface area (Å²) in [5, 5.41) is 10.5. The van der Waals surface area contributed by atoms with Gasteiger partial charge in [-0.1, -0.05) is 11.6 Å². The van der Waals surface area contributed by atoms with Gasteiger partial charge in [0.1, 0.15) is 18.7 Å². The van der Waals surface area contributed by atoms with Crippen molar-refractivity contribution in [1.29, 1.82) is 0 Å². The van der Waals surface area contributed by atoms with Crippen LogP contribution in [0.25, 0.3) is 0 Å². The number of nitrogens with zero attached hydrogens (tertiary/aromatic N) is 4. The second kappa shape index (κ2) is 7.99. The standard InChI is InChI=1S/C13H19ClN6S/c1-3-15-13(17-8-12-18-9-19-20(12)2)16-7-6-10-4-5-11(14)21-10/h4-5,9H,3,6-8H2,1-2H3,(H2,15,16,17). The van der Waals surface area contributed by atoms with Crippen LogP contribution in [0, 0.1) is 0 Å². The lowest BCUT2D eigenvalue weighted by molar-refractivity contribution is 0.697. The second-order valence-electron chi connectivity index (χ2n) is 4.38. The van der Waals surface area contributed by atoms with Gasteiger partial charge in [-0.3, -0.25) is 4.68 Å². The number of halogens is 1. The Balaban J connectivity index is 1.85. The molecule has 2 N–H and O–H groups in total. The zero-order valence-corrected chi connectivity index (χ0v) is 13.7. The van der Waals surface area contributed by atoms with Gasteiger partial charge in [0.05, 0.1) is 4.34 Å². The largest absolute Gasteiger partial charge is 0.357 e. The number of thiophene rings is 1. The molecule has 0 saturated carbocycles. The third-order valence-electron chi connectivity index (χ3n) is 2.82. The van der Waals surface area contributed by atoms with E-state index in [0.717, 1.165) is 35.6 Å². The number of aliphatic imine (C=N–C) groups is 1. The molecular formula is C13H19ClN6S. The first-order valence-corrected chi connectivity index (χ1v) is 7.97. The normalized spacial score (nSPS) is 11.7. The lowest BCUT2D eigenvalue weighted by atomic mass is 10.3. The van der Waals surface area contributed by atoms with Gasteiger partial charge in [-0.15, -0.1) is 11.3 Å². The molecule has 0 fully saturated rings. The van der Waals surface area contributed by atoms with E-state index in [1.807, 2.05) is 20.0 Å². The Morgan fingerprint density at radius 1 is 1.43 bits per heavy atom. The highest BCUT2D eigenvalue weighted by Gasteiger charge is 2.02. The molecule has 0 spiro atoms. The summed E-state index contributed by atoms with van der Waals surface area (Å²) in [7, 11) is 1.86. The predicted molar refractivity (Wildman–Crippen MR) is 86.9 cm³/mol. The Morgan fingerprint density at radius 3 is 2.90 bits per heavy atom. The lowest BCUT2D eigenvalue weighted by Gasteiger charge is -2.10. The summed E-state index contributed by atoms with van der Waals surface area (Å²) in [5.41, 5.74) is 0. The molecule has 0 atom stereocenters. The predicted octanol–water partition coefficient (Wildman–Crippen LogP) is 1.83. The van der Waals surface area contributed by atoms with Gasteiger partial charge in [0, 0.05) is 25.0 Å². The van der Waals surface area contributed by atoms with E-state index in [0.29, 0.717) is 6.54 Å². The monoisotopic (exact) mass is 326 g/mol. The van der Waals surface area contributed by atoms with E-state index in [-0.39, 0.29) is 0 Å². The number of hydrogen-bond donors (Lipinski definition) is 2. The van der Waals surface area contributed by atoms with Crippen molar-refractivity contribution in [3.05, 3.63) is 33.5 Å². The molecular weight excluding hydrogens is 308 g/mol. The van der Waals surface area contributed by atoms with Crippen molar-refractivity contribution in [3.63, 3.8) is 0 Å². The second-order valence-corrected chi connectivity index (χ2v) is 6.18. The maximum Gasteiger partial charge on any atom is 0.191 e. The van der Waals surface area contributed by atoms with Crippen LogP contribution in [0.15, 0.2) is 23.5 Å². The van der Waals surface area contributed by atoms with Gasteiger partial charge in [-0.25, -0.2) is 9.98 Å². The van der Waals surface area contributed by atoms with Crippen molar-refractivity contribution in [1.82, 2.24) is 25.4 Å². The van der Waals surface area contributed by atoms with Crippen molar-refractivity contribution < 1.29 is 0 Å². The maximum absolute atomic E-state index is 5.92. The molecule has 8 heteroatoms. The van der Waals surface area contributed by atoms with Crippen molar-refractivity contribution >= 4 is 28.9 Å². The molecule has 0 unspecified atom stereocenters. The smallest absolute Gasteiger partial charge is 0.191 e. The van der Waals surface area contributed by atoms with Gasteiger partial charge < -0.3 is 10.6 Å². The molecule has 0 aliphatic rings. The molecule has 2 heterocycles. The molecule has 0 aromatic carbocycles. The van der Waals surface area contributed by atoms with Crippen LogP contribution >= 0.6 is 22.9 Å². The summed E-state index contributed by atoms with van der Waals surface area (Å²) in [6.07, 6.45) is 2.46. The fraction of sp³-hybridized carbons (Fsp3) is 0.462. The number of aryl methyl sites for hydroxylation is 1. The zero-order chi connectivity index (χ0) is 15.1. The Morgan fingerprint density at radius 2 is 2.29 bits per heavy atom. The molecule has 0 radical (unpaired) electrons.